The zero-order valence-electron chi connectivity index (χ0n) is 11.1. The zero-order valence-corrected chi connectivity index (χ0v) is 12.7. The van der Waals surface area contributed by atoms with E-state index in [-0.39, 0.29) is 11.3 Å². The SMILES string of the molecule is COc1cc(C)c(Br)c(O)c1C(=O)OC(C)(C)C. The van der Waals surface area contributed by atoms with E-state index in [4.69, 9.17) is 9.47 Å². The highest BCUT2D eigenvalue weighted by Crippen LogP contribution is 2.38. The highest BCUT2D eigenvalue weighted by Gasteiger charge is 2.26. The predicted octanol–water partition coefficient (Wildman–Crippen LogP) is 3.43. The number of aryl methyl sites for hydroxylation is 1. The number of phenolic OH excluding ortho intramolecular Hbond substituents is 1. The predicted molar refractivity (Wildman–Crippen MR) is 72.3 cm³/mol. The van der Waals surface area contributed by atoms with E-state index in [0.29, 0.717) is 10.2 Å². The van der Waals surface area contributed by atoms with E-state index in [0.717, 1.165) is 5.56 Å². The smallest absolute Gasteiger partial charge is 0.346 e. The van der Waals surface area contributed by atoms with Crippen molar-refractivity contribution in [3.63, 3.8) is 0 Å². The molecule has 1 aromatic carbocycles. The monoisotopic (exact) mass is 316 g/mol. The number of halogens is 1. The van der Waals surface area contributed by atoms with Gasteiger partial charge in [-0.15, -0.1) is 0 Å². The van der Waals surface area contributed by atoms with Crippen LogP contribution in [-0.4, -0.2) is 23.8 Å². The molecule has 1 aromatic rings. The molecule has 1 rings (SSSR count). The maximum Gasteiger partial charge on any atom is 0.346 e. The van der Waals surface area contributed by atoms with Gasteiger partial charge in [0.2, 0.25) is 0 Å². The summed E-state index contributed by atoms with van der Waals surface area (Å²) in [5.74, 6) is -0.485. The molecule has 0 heterocycles. The Morgan fingerprint density at radius 1 is 1.39 bits per heavy atom. The lowest BCUT2D eigenvalue weighted by Gasteiger charge is -2.21. The van der Waals surface area contributed by atoms with Crippen LogP contribution in [0.15, 0.2) is 10.5 Å². The summed E-state index contributed by atoms with van der Waals surface area (Å²) in [6, 6.07) is 1.67. The van der Waals surface area contributed by atoms with Gasteiger partial charge in [-0.25, -0.2) is 4.79 Å². The van der Waals surface area contributed by atoms with E-state index in [1.165, 1.54) is 7.11 Å². The molecule has 0 aliphatic heterocycles. The van der Waals surface area contributed by atoms with E-state index < -0.39 is 11.6 Å². The third-order valence-electron chi connectivity index (χ3n) is 2.21. The quantitative estimate of drug-likeness (QED) is 0.849. The molecule has 0 radical (unpaired) electrons. The summed E-state index contributed by atoms with van der Waals surface area (Å²) in [6.07, 6.45) is 0. The number of carbonyl (C=O) groups is 1. The van der Waals surface area contributed by atoms with Crippen LogP contribution in [0.5, 0.6) is 11.5 Å². The topological polar surface area (TPSA) is 55.8 Å². The molecule has 18 heavy (non-hydrogen) atoms. The molecule has 5 heteroatoms. The summed E-state index contributed by atoms with van der Waals surface area (Å²) in [6.45, 7) is 7.08. The molecule has 0 aromatic heterocycles. The van der Waals surface area contributed by atoms with Crippen LogP contribution in [0.2, 0.25) is 0 Å². The lowest BCUT2D eigenvalue weighted by Crippen LogP contribution is -2.24. The number of hydrogen-bond donors (Lipinski definition) is 1. The Hall–Kier alpha value is -1.23. The molecule has 0 saturated heterocycles. The molecule has 1 N–H and O–H groups in total. The first kappa shape index (κ1) is 14.8. The Kier molecular flexibility index (Phi) is 4.27. The van der Waals surface area contributed by atoms with Crippen LogP contribution in [0, 0.1) is 6.92 Å². The van der Waals surface area contributed by atoms with E-state index >= 15 is 0 Å². The van der Waals surface area contributed by atoms with E-state index in [9.17, 15) is 9.90 Å². The minimum absolute atomic E-state index is 0.0323. The molecule has 0 atom stereocenters. The molecule has 0 amide bonds. The summed E-state index contributed by atoms with van der Waals surface area (Å²) < 4.78 is 10.8. The van der Waals surface area contributed by atoms with Crippen molar-refractivity contribution in [2.75, 3.05) is 7.11 Å². The van der Waals surface area contributed by atoms with E-state index in [1.807, 2.05) is 0 Å². The van der Waals surface area contributed by atoms with Gasteiger partial charge < -0.3 is 14.6 Å². The number of benzene rings is 1. The number of ether oxygens (including phenoxy) is 2. The summed E-state index contributed by atoms with van der Waals surface area (Å²) in [4.78, 5) is 12.0. The van der Waals surface area contributed by atoms with E-state index in [2.05, 4.69) is 15.9 Å². The molecule has 0 aliphatic carbocycles. The number of carbonyl (C=O) groups excluding carboxylic acids is 1. The molecule has 4 nitrogen and oxygen atoms in total. The van der Waals surface area contributed by atoms with Crippen LogP contribution in [0.25, 0.3) is 0 Å². The van der Waals surface area contributed by atoms with Crippen LogP contribution in [0.3, 0.4) is 0 Å². The molecule has 0 fully saturated rings. The molecular formula is C13H17BrO4. The van der Waals surface area contributed by atoms with Crippen molar-refractivity contribution >= 4 is 21.9 Å². The largest absolute Gasteiger partial charge is 0.506 e. The van der Waals surface area contributed by atoms with E-state index in [1.54, 1.807) is 33.8 Å². The maximum absolute atomic E-state index is 12.0. The number of methoxy groups -OCH3 is 1. The Balaban J connectivity index is 3.31. The van der Waals surface area contributed by atoms with Crippen molar-refractivity contribution < 1.29 is 19.4 Å². The van der Waals surface area contributed by atoms with Crippen molar-refractivity contribution in [3.05, 3.63) is 21.7 Å². The molecule has 0 aliphatic rings. The van der Waals surface area contributed by atoms with Crippen LogP contribution in [-0.2, 0) is 4.74 Å². The van der Waals surface area contributed by atoms with Gasteiger partial charge in [-0.2, -0.15) is 0 Å². The fraction of sp³-hybridized carbons (Fsp3) is 0.462. The standard InChI is InChI=1S/C13H17BrO4/c1-7-6-8(17-5)9(11(15)10(7)14)12(16)18-13(2,3)4/h6,15H,1-5H3. The molecule has 0 saturated carbocycles. The van der Waals surface area contributed by atoms with Crippen molar-refractivity contribution in [2.45, 2.75) is 33.3 Å². The second kappa shape index (κ2) is 5.18. The summed E-state index contributed by atoms with van der Waals surface area (Å²) >= 11 is 3.23. The van der Waals surface area contributed by atoms with Gasteiger partial charge in [0.25, 0.3) is 0 Å². The van der Waals surface area contributed by atoms with Gasteiger partial charge in [0.1, 0.15) is 22.7 Å². The van der Waals surface area contributed by atoms with Gasteiger partial charge in [0.15, 0.2) is 0 Å². The minimum atomic E-state index is -0.633. The van der Waals surface area contributed by atoms with Gasteiger partial charge in [-0.05, 0) is 55.3 Å². The minimum Gasteiger partial charge on any atom is -0.506 e. The Labute approximate surface area is 115 Å². The van der Waals surface area contributed by atoms with Gasteiger partial charge in [0.05, 0.1) is 11.6 Å². The number of esters is 1. The second-order valence-electron chi connectivity index (χ2n) is 4.94. The lowest BCUT2D eigenvalue weighted by atomic mass is 10.1. The van der Waals surface area contributed by atoms with Crippen LogP contribution in [0.4, 0.5) is 0 Å². The highest BCUT2D eigenvalue weighted by molar-refractivity contribution is 9.10. The third kappa shape index (κ3) is 3.16. The Morgan fingerprint density at radius 3 is 2.39 bits per heavy atom. The third-order valence-corrected chi connectivity index (χ3v) is 3.21. The lowest BCUT2D eigenvalue weighted by molar-refractivity contribution is 0.00636. The number of hydrogen-bond acceptors (Lipinski definition) is 4. The number of aromatic hydroxyl groups is 1. The van der Waals surface area contributed by atoms with Crippen molar-refractivity contribution in [1.29, 1.82) is 0 Å². The average molecular weight is 317 g/mol. The molecule has 0 bridgehead atoms. The molecule has 0 unspecified atom stereocenters. The van der Waals surface area contributed by atoms with Gasteiger partial charge in [0, 0.05) is 0 Å². The second-order valence-corrected chi connectivity index (χ2v) is 5.73. The normalized spacial score (nSPS) is 11.2. The number of rotatable bonds is 2. The first-order valence-electron chi connectivity index (χ1n) is 5.46. The summed E-state index contributed by atoms with van der Waals surface area (Å²) in [5.41, 5.74) is 0.174. The fourth-order valence-corrected chi connectivity index (χ4v) is 1.75. The van der Waals surface area contributed by atoms with Crippen molar-refractivity contribution in [3.8, 4) is 11.5 Å². The zero-order chi connectivity index (χ0) is 14.1. The molecule has 0 spiro atoms. The van der Waals surface area contributed by atoms with Gasteiger partial charge in [-0.3, -0.25) is 0 Å². The van der Waals surface area contributed by atoms with Crippen molar-refractivity contribution in [2.24, 2.45) is 0 Å². The van der Waals surface area contributed by atoms with Crippen LogP contribution in [0.1, 0.15) is 36.7 Å². The maximum atomic E-state index is 12.0. The fourth-order valence-electron chi connectivity index (χ4n) is 1.43. The van der Waals surface area contributed by atoms with Crippen LogP contribution >= 0.6 is 15.9 Å². The van der Waals surface area contributed by atoms with Gasteiger partial charge >= 0.3 is 5.97 Å². The first-order valence-corrected chi connectivity index (χ1v) is 6.26. The van der Waals surface area contributed by atoms with Crippen molar-refractivity contribution in [1.82, 2.24) is 0 Å². The first-order chi connectivity index (χ1) is 8.17. The Bertz CT molecular complexity index is 475. The van der Waals surface area contributed by atoms with Gasteiger partial charge in [-0.1, -0.05) is 0 Å². The summed E-state index contributed by atoms with van der Waals surface area (Å²) in [7, 11) is 1.44. The molecule has 100 valence electrons. The molecular weight excluding hydrogens is 300 g/mol. The average Bonchev–Trinajstić information content (AvgIpc) is 2.22. The number of phenols is 1. The van der Waals surface area contributed by atoms with Crippen LogP contribution < -0.4 is 4.74 Å². The Morgan fingerprint density at radius 2 is 1.94 bits per heavy atom. The highest BCUT2D eigenvalue weighted by atomic mass is 79.9. The summed E-state index contributed by atoms with van der Waals surface area (Å²) in [5, 5.41) is 10.0.